The van der Waals surface area contributed by atoms with Gasteiger partial charge < -0.3 is 9.88 Å². The summed E-state index contributed by atoms with van der Waals surface area (Å²) in [6.45, 7) is 5.55. The molecule has 0 amide bonds. The Balaban J connectivity index is 1.76. The van der Waals surface area contributed by atoms with E-state index in [1.165, 1.54) is 50.6 Å². The Morgan fingerprint density at radius 1 is 1.39 bits per heavy atom. The Labute approximate surface area is 111 Å². The Bertz CT molecular complexity index is 341. The number of rotatable bonds is 9. The van der Waals surface area contributed by atoms with Crippen LogP contribution in [0.1, 0.15) is 70.5 Å². The fourth-order valence-electron chi connectivity index (χ4n) is 2.41. The first kappa shape index (κ1) is 13.6. The average molecular weight is 249 g/mol. The van der Waals surface area contributed by atoms with Crippen molar-refractivity contribution >= 4 is 0 Å². The summed E-state index contributed by atoms with van der Waals surface area (Å²) >= 11 is 0. The molecule has 1 aromatic rings. The van der Waals surface area contributed by atoms with Gasteiger partial charge in [-0.05, 0) is 26.2 Å². The van der Waals surface area contributed by atoms with Gasteiger partial charge in [0, 0.05) is 24.8 Å². The third-order valence-electron chi connectivity index (χ3n) is 3.85. The van der Waals surface area contributed by atoms with E-state index in [0.29, 0.717) is 6.04 Å². The minimum atomic E-state index is 0.584. The molecular formula is C15H27N3. The van der Waals surface area contributed by atoms with Crippen molar-refractivity contribution in [2.24, 2.45) is 0 Å². The minimum absolute atomic E-state index is 0.584. The van der Waals surface area contributed by atoms with Crippen LogP contribution in [0.5, 0.6) is 0 Å². The SMILES string of the molecule is CCCCCCC(C)n1cncc1CNC1CC1. The Morgan fingerprint density at radius 2 is 2.22 bits per heavy atom. The molecule has 2 rings (SSSR count). The Kier molecular flexibility index (Phi) is 5.24. The molecule has 1 atom stereocenters. The second kappa shape index (κ2) is 6.93. The summed E-state index contributed by atoms with van der Waals surface area (Å²) in [7, 11) is 0. The third-order valence-corrected chi connectivity index (χ3v) is 3.85. The maximum absolute atomic E-state index is 4.31. The Morgan fingerprint density at radius 3 is 2.94 bits per heavy atom. The molecule has 3 heteroatoms. The van der Waals surface area contributed by atoms with E-state index in [9.17, 15) is 0 Å². The molecule has 1 aliphatic rings. The van der Waals surface area contributed by atoms with Gasteiger partial charge in [0.25, 0.3) is 0 Å². The molecule has 0 radical (unpaired) electrons. The summed E-state index contributed by atoms with van der Waals surface area (Å²) in [4.78, 5) is 4.31. The zero-order valence-corrected chi connectivity index (χ0v) is 11.9. The van der Waals surface area contributed by atoms with Crippen molar-refractivity contribution < 1.29 is 0 Å². The van der Waals surface area contributed by atoms with Crippen molar-refractivity contribution in [1.29, 1.82) is 0 Å². The molecule has 0 spiro atoms. The van der Waals surface area contributed by atoms with Crippen LogP contribution in [0.4, 0.5) is 0 Å². The second-order valence-electron chi connectivity index (χ2n) is 5.65. The van der Waals surface area contributed by atoms with Gasteiger partial charge in [-0.3, -0.25) is 0 Å². The van der Waals surface area contributed by atoms with Crippen LogP contribution in [0.25, 0.3) is 0 Å². The zero-order chi connectivity index (χ0) is 12.8. The molecule has 1 N–H and O–H groups in total. The molecule has 1 unspecified atom stereocenters. The summed E-state index contributed by atoms with van der Waals surface area (Å²) in [5.41, 5.74) is 1.34. The van der Waals surface area contributed by atoms with Gasteiger partial charge in [-0.15, -0.1) is 0 Å². The maximum atomic E-state index is 4.31. The molecule has 0 saturated heterocycles. The predicted molar refractivity (Wildman–Crippen MR) is 75.6 cm³/mol. The first-order valence-electron chi connectivity index (χ1n) is 7.55. The van der Waals surface area contributed by atoms with E-state index < -0.39 is 0 Å². The molecular weight excluding hydrogens is 222 g/mol. The molecule has 18 heavy (non-hydrogen) atoms. The highest BCUT2D eigenvalue weighted by Crippen LogP contribution is 2.21. The zero-order valence-electron chi connectivity index (χ0n) is 11.9. The lowest BCUT2D eigenvalue weighted by atomic mass is 10.1. The highest BCUT2D eigenvalue weighted by molar-refractivity contribution is 5.01. The van der Waals surface area contributed by atoms with Crippen molar-refractivity contribution in [1.82, 2.24) is 14.9 Å². The topological polar surface area (TPSA) is 29.9 Å². The number of imidazole rings is 1. The average Bonchev–Trinajstić information content (AvgIpc) is 3.09. The number of nitrogens with zero attached hydrogens (tertiary/aromatic N) is 2. The highest BCUT2D eigenvalue weighted by Gasteiger charge is 2.21. The van der Waals surface area contributed by atoms with Gasteiger partial charge in [0.15, 0.2) is 0 Å². The molecule has 1 fully saturated rings. The molecule has 1 saturated carbocycles. The van der Waals surface area contributed by atoms with Gasteiger partial charge >= 0.3 is 0 Å². The van der Waals surface area contributed by atoms with Crippen molar-refractivity contribution in [2.75, 3.05) is 0 Å². The van der Waals surface area contributed by atoms with Crippen LogP contribution in [-0.2, 0) is 6.54 Å². The molecule has 1 aromatic heterocycles. The van der Waals surface area contributed by atoms with Gasteiger partial charge in [-0.25, -0.2) is 4.98 Å². The van der Waals surface area contributed by atoms with Gasteiger partial charge in [-0.1, -0.05) is 32.6 Å². The van der Waals surface area contributed by atoms with E-state index in [1.807, 2.05) is 12.5 Å². The maximum Gasteiger partial charge on any atom is 0.0951 e. The van der Waals surface area contributed by atoms with E-state index in [-0.39, 0.29) is 0 Å². The van der Waals surface area contributed by atoms with E-state index in [4.69, 9.17) is 0 Å². The molecule has 0 bridgehead atoms. The number of hydrogen-bond acceptors (Lipinski definition) is 2. The van der Waals surface area contributed by atoms with Crippen LogP contribution in [-0.4, -0.2) is 15.6 Å². The number of aromatic nitrogens is 2. The summed E-state index contributed by atoms with van der Waals surface area (Å²) in [6.07, 6.45) is 13.4. The van der Waals surface area contributed by atoms with Crippen molar-refractivity contribution in [3.05, 3.63) is 18.2 Å². The van der Waals surface area contributed by atoms with E-state index in [1.54, 1.807) is 0 Å². The van der Waals surface area contributed by atoms with E-state index in [2.05, 4.69) is 28.7 Å². The lowest BCUT2D eigenvalue weighted by molar-refractivity contribution is 0.454. The molecule has 3 nitrogen and oxygen atoms in total. The molecule has 102 valence electrons. The smallest absolute Gasteiger partial charge is 0.0951 e. The number of nitrogens with one attached hydrogen (secondary N) is 1. The molecule has 1 heterocycles. The Hall–Kier alpha value is -0.830. The van der Waals surface area contributed by atoms with Crippen molar-refractivity contribution in [3.8, 4) is 0 Å². The standard InChI is InChI=1S/C15H27N3/c1-3-4-5-6-7-13(2)18-12-16-10-15(18)11-17-14-8-9-14/h10,12-14,17H,3-9,11H2,1-2H3. The van der Waals surface area contributed by atoms with Gasteiger partial charge in [0.05, 0.1) is 12.0 Å². The fraction of sp³-hybridized carbons (Fsp3) is 0.800. The van der Waals surface area contributed by atoms with Crippen LogP contribution in [0.15, 0.2) is 12.5 Å². The number of hydrogen-bond donors (Lipinski definition) is 1. The van der Waals surface area contributed by atoms with Crippen molar-refractivity contribution in [3.63, 3.8) is 0 Å². The summed E-state index contributed by atoms with van der Waals surface area (Å²) in [5.74, 6) is 0. The summed E-state index contributed by atoms with van der Waals surface area (Å²) in [6, 6.07) is 1.36. The lowest BCUT2D eigenvalue weighted by Crippen LogP contribution is -2.19. The van der Waals surface area contributed by atoms with E-state index >= 15 is 0 Å². The normalized spacial score (nSPS) is 17.0. The monoisotopic (exact) mass is 249 g/mol. The quantitative estimate of drug-likeness (QED) is 0.677. The third kappa shape index (κ3) is 4.13. The van der Waals surface area contributed by atoms with Crippen LogP contribution in [0, 0.1) is 0 Å². The van der Waals surface area contributed by atoms with Crippen molar-refractivity contribution in [2.45, 2.75) is 77.4 Å². The molecule has 1 aliphatic carbocycles. The van der Waals surface area contributed by atoms with Gasteiger partial charge in [-0.2, -0.15) is 0 Å². The molecule has 0 aromatic carbocycles. The summed E-state index contributed by atoms with van der Waals surface area (Å²) in [5, 5.41) is 3.57. The lowest BCUT2D eigenvalue weighted by Gasteiger charge is -2.16. The van der Waals surface area contributed by atoms with Crippen LogP contribution in [0.3, 0.4) is 0 Å². The largest absolute Gasteiger partial charge is 0.331 e. The minimum Gasteiger partial charge on any atom is -0.331 e. The summed E-state index contributed by atoms with van der Waals surface area (Å²) < 4.78 is 2.35. The fourth-order valence-corrected chi connectivity index (χ4v) is 2.41. The van der Waals surface area contributed by atoms with Crippen LogP contribution < -0.4 is 5.32 Å². The first-order valence-corrected chi connectivity index (χ1v) is 7.55. The second-order valence-corrected chi connectivity index (χ2v) is 5.65. The van der Waals surface area contributed by atoms with E-state index in [0.717, 1.165) is 12.6 Å². The predicted octanol–water partition coefficient (Wildman–Crippen LogP) is 3.67. The molecule has 0 aliphatic heterocycles. The van der Waals surface area contributed by atoms with Gasteiger partial charge in [0.2, 0.25) is 0 Å². The first-order chi connectivity index (χ1) is 8.81. The van der Waals surface area contributed by atoms with Crippen LogP contribution >= 0.6 is 0 Å². The highest BCUT2D eigenvalue weighted by atomic mass is 15.1. The number of unbranched alkanes of at least 4 members (excludes halogenated alkanes) is 3. The van der Waals surface area contributed by atoms with Gasteiger partial charge in [0.1, 0.15) is 0 Å². The van der Waals surface area contributed by atoms with Crippen LogP contribution in [0.2, 0.25) is 0 Å².